The summed E-state index contributed by atoms with van der Waals surface area (Å²) in [6.07, 6.45) is 0.306. The summed E-state index contributed by atoms with van der Waals surface area (Å²) in [7, 11) is 0. The third-order valence-corrected chi connectivity index (χ3v) is 1.67. The van der Waals surface area contributed by atoms with Crippen LogP contribution in [-0.4, -0.2) is 30.1 Å². The summed E-state index contributed by atoms with van der Waals surface area (Å²) < 4.78 is 4.59. The fourth-order valence-corrected chi connectivity index (χ4v) is 1.03. The van der Waals surface area contributed by atoms with Crippen LogP contribution in [-0.2, 0) is 14.3 Å². The number of carbonyl (C=O) groups excluding carboxylic acids is 2. The van der Waals surface area contributed by atoms with Crippen LogP contribution >= 0.6 is 0 Å². The van der Waals surface area contributed by atoms with Gasteiger partial charge in [-0.1, -0.05) is 0 Å². The topological polar surface area (TPSA) is 63.6 Å². The molecule has 1 fully saturated rings. The highest BCUT2D eigenvalue weighted by atomic mass is 16.5. The lowest BCUT2D eigenvalue weighted by Gasteiger charge is -2.01. The van der Waals surface area contributed by atoms with Gasteiger partial charge in [-0.25, -0.2) is 0 Å². The molecule has 1 saturated heterocycles. The van der Waals surface area contributed by atoms with Crippen molar-refractivity contribution >= 4 is 11.8 Å². The van der Waals surface area contributed by atoms with Crippen molar-refractivity contribution < 1.29 is 19.4 Å². The molecule has 11 heavy (non-hydrogen) atoms. The molecule has 4 heteroatoms. The Labute approximate surface area is 64.2 Å². The maximum atomic E-state index is 11.0. The molecule has 0 aromatic rings. The van der Waals surface area contributed by atoms with Crippen LogP contribution in [0.5, 0.6) is 0 Å². The van der Waals surface area contributed by atoms with Crippen LogP contribution in [0.3, 0.4) is 0 Å². The van der Waals surface area contributed by atoms with Gasteiger partial charge < -0.3 is 9.84 Å². The predicted molar refractivity (Wildman–Crippen MR) is 35.8 cm³/mol. The number of hydrogen-bond acceptors (Lipinski definition) is 4. The van der Waals surface area contributed by atoms with Crippen molar-refractivity contribution in [3.05, 3.63) is 0 Å². The van der Waals surface area contributed by atoms with E-state index in [2.05, 4.69) is 4.74 Å². The number of rotatable bonds is 3. The lowest BCUT2D eigenvalue weighted by atomic mass is 10.0. The van der Waals surface area contributed by atoms with Crippen LogP contribution in [0.4, 0.5) is 0 Å². The summed E-state index contributed by atoms with van der Waals surface area (Å²) in [5.74, 6) is -0.714. The van der Waals surface area contributed by atoms with Crippen LogP contribution < -0.4 is 0 Å². The second-order valence-electron chi connectivity index (χ2n) is 2.52. The second-order valence-corrected chi connectivity index (χ2v) is 2.52. The first-order valence-corrected chi connectivity index (χ1v) is 3.53. The van der Waals surface area contributed by atoms with Crippen molar-refractivity contribution in [3.63, 3.8) is 0 Å². The molecule has 0 amide bonds. The SMILES string of the molecule is O=C1CC(C(=O)CCO)CO1. The molecule has 1 aliphatic heterocycles. The Morgan fingerprint density at radius 1 is 1.73 bits per heavy atom. The summed E-state index contributed by atoms with van der Waals surface area (Å²) in [4.78, 5) is 21.5. The van der Waals surface area contributed by atoms with Crippen LogP contribution in [0, 0.1) is 5.92 Å². The number of aliphatic hydroxyl groups is 1. The Morgan fingerprint density at radius 3 is 2.91 bits per heavy atom. The molecule has 1 heterocycles. The highest BCUT2D eigenvalue weighted by molar-refractivity contribution is 5.87. The standard InChI is InChI=1S/C7H10O4/c8-2-1-6(9)5-3-7(10)11-4-5/h5,8H,1-4H2. The Kier molecular flexibility index (Phi) is 2.59. The normalized spacial score (nSPS) is 23.4. The fourth-order valence-electron chi connectivity index (χ4n) is 1.03. The first-order valence-electron chi connectivity index (χ1n) is 3.53. The van der Waals surface area contributed by atoms with E-state index >= 15 is 0 Å². The third-order valence-electron chi connectivity index (χ3n) is 1.67. The highest BCUT2D eigenvalue weighted by Gasteiger charge is 2.28. The molecule has 1 N–H and O–H groups in total. The molecular weight excluding hydrogens is 148 g/mol. The average molecular weight is 158 g/mol. The predicted octanol–water partition coefficient (Wildman–Crippen LogP) is -0.499. The van der Waals surface area contributed by atoms with Crippen molar-refractivity contribution in [3.8, 4) is 0 Å². The van der Waals surface area contributed by atoms with E-state index < -0.39 is 0 Å². The van der Waals surface area contributed by atoms with Crippen LogP contribution in [0.2, 0.25) is 0 Å². The zero-order valence-corrected chi connectivity index (χ0v) is 6.08. The van der Waals surface area contributed by atoms with Gasteiger partial charge in [0.15, 0.2) is 0 Å². The number of aliphatic hydroxyl groups excluding tert-OH is 1. The molecule has 4 nitrogen and oxygen atoms in total. The number of ketones is 1. The van der Waals surface area contributed by atoms with Gasteiger partial charge in [-0.2, -0.15) is 0 Å². The van der Waals surface area contributed by atoms with Gasteiger partial charge >= 0.3 is 5.97 Å². The van der Waals surface area contributed by atoms with E-state index in [0.717, 1.165) is 0 Å². The molecule has 0 aliphatic carbocycles. The molecule has 0 aromatic carbocycles. The molecule has 1 aliphatic rings. The van der Waals surface area contributed by atoms with E-state index in [1.54, 1.807) is 0 Å². The fraction of sp³-hybridized carbons (Fsp3) is 0.714. The summed E-state index contributed by atoms with van der Waals surface area (Å²) in [5, 5.41) is 8.42. The summed E-state index contributed by atoms with van der Waals surface area (Å²) in [6.45, 7) is 0.0428. The number of carbonyl (C=O) groups is 2. The average Bonchev–Trinajstić information content (AvgIpc) is 2.36. The molecule has 1 unspecified atom stereocenters. The molecule has 1 rings (SSSR count). The summed E-state index contributed by atoms with van der Waals surface area (Å²) in [5.41, 5.74) is 0. The number of hydrogen-bond donors (Lipinski definition) is 1. The maximum absolute atomic E-state index is 11.0. The third kappa shape index (κ3) is 2.01. The van der Waals surface area contributed by atoms with Crippen molar-refractivity contribution in [2.75, 3.05) is 13.2 Å². The van der Waals surface area contributed by atoms with Gasteiger partial charge in [-0.05, 0) is 0 Å². The smallest absolute Gasteiger partial charge is 0.306 e. The number of esters is 1. The van der Waals surface area contributed by atoms with Gasteiger partial charge in [0.25, 0.3) is 0 Å². The zero-order chi connectivity index (χ0) is 8.27. The van der Waals surface area contributed by atoms with Gasteiger partial charge in [0, 0.05) is 13.0 Å². The van der Waals surface area contributed by atoms with E-state index in [1.165, 1.54) is 0 Å². The molecule has 62 valence electrons. The quantitative estimate of drug-likeness (QED) is 0.562. The molecule has 0 bridgehead atoms. The van der Waals surface area contributed by atoms with Gasteiger partial charge in [-0.15, -0.1) is 0 Å². The minimum absolute atomic E-state index is 0.0849. The number of Topliss-reactive ketones (excluding diaryl/α,β-unsaturated/α-hetero) is 1. The van der Waals surface area contributed by atoms with E-state index in [9.17, 15) is 9.59 Å². The van der Waals surface area contributed by atoms with Crippen molar-refractivity contribution in [1.82, 2.24) is 0 Å². The van der Waals surface area contributed by atoms with Gasteiger partial charge in [0.1, 0.15) is 12.4 Å². The Morgan fingerprint density at radius 2 is 2.45 bits per heavy atom. The Balaban J connectivity index is 2.37. The Hall–Kier alpha value is -0.900. The molecule has 0 aromatic heterocycles. The Bertz CT molecular complexity index is 175. The van der Waals surface area contributed by atoms with Crippen molar-refractivity contribution in [2.24, 2.45) is 5.92 Å². The van der Waals surface area contributed by atoms with Gasteiger partial charge in [0.2, 0.25) is 0 Å². The van der Waals surface area contributed by atoms with E-state index in [1.807, 2.05) is 0 Å². The molecular formula is C7H10O4. The minimum Gasteiger partial charge on any atom is -0.465 e. The van der Waals surface area contributed by atoms with E-state index in [-0.39, 0.29) is 43.7 Å². The highest BCUT2D eigenvalue weighted by Crippen LogP contribution is 2.15. The zero-order valence-electron chi connectivity index (χ0n) is 6.08. The first-order chi connectivity index (χ1) is 5.24. The minimum atomic E-state index is -0.318. The van der Waals surface area contributed by atoms with Crippen molar-refractivity contribution in [1.29, 1.82) is 0 Å². The van der Waals surface area contributed by atoms with Crippen LogP contribution in [0.25, 0.3) is 0 Å². The largest absolute Gasteiger partial charge is 0.465 e. The van der Waals surface area contributed by atoms with Gasteiger partial charge in [-0.3, -0.25) is 9.59 Å². The molecule has 0 radical (unpaired) electrons. The summed E-state index contributed by atoms with van der Waals surface area (Å²) >= 11 is 0. The van der Waals surface area contributed by atoms with Crippen molar-refractivity contribution in [2.45, 2.75) is 12.8 Å². The monoisotopic (exact) mass is 158 g/mol. The molecule has 0 saturated carbocycles. The van der Waals surface area contributed by atoms with Crippen LogP contribution in [0.15, 0.2) is 0 Å². The molecule has 1 atom stereocenters. The second kappa shape index (κ2) is 3.48. The van der Waals surface area contributed by atoms with Crippen LogP contribution in [0.1, 0.15) is 12.8 Å². The number of ether oxygens (including phenoxy) is 1. The first kappa shape index (κ1) is 8.20. The molecule has 0 spiro atoms. The maximum Gasteiger partial charge on any atom is 0.306 e. The summed E-state index contributed by atoms with van der Waals surface area (Å²) in [6, 6.07) is 0. The number of cyclic esters (lactones) is 1. The van der Waals surface area contributed by atoms with E-state index in [4.69, 9.17) is 5.11 Å². The van der Waals surface area contributed by atoms with E-state index in [0.29, 0.717) is 0 Å². The van der Waals surface area contributed by atoms with Gasteiger partial charge in [0.05, 0.1) is 12.3 Å². The lowest BCUT2D eigenvalue weighted by molar-refractivity contribution is -0.137. The lowest BCUT2D eigenvalue weighted by Crippen LogP contribution is -2.15.